The number of aliphatic hydroxyl groups is 5. The average Bonchev–Trinajstić information content (AvgIpc) is 3.29. The molecule has 1 aliphatic carbocycles. The van der Waals surface area contributed by atoms with Crippen LogP contribution in [0.5, 0.6) is 0 Å². The molecule has 1 aliphatic heterocycles. The van der Waals surface area contributed by atoms with E-state index in [0.29, 0.717) is 5.56 Å². The molecule has 9 N–H and O–H groups in total. The highest BCUT2D eigenvalue weighted by molar-refractivity contribution is 5.80. The molecule has 0 bridgehead atoms. The smallest absolute Gasteiger partial charge is 0.262 e. The minimum absolute atomic E-state index is 0.131. The summed E-state index contributed by atoms with van der Waals surface area (Å²) in [6.07, 6.45) is -2.13. The Morgan fingerprint density at radius 3 is 2.59 bits per heavy atom. The highest BCUT2D eigenvalue weighted by Gasteiger charge is 2.44. The lowest BCUT2D eigenvalue weighted by Gasteiger charge is -2.18. The Balaban J connectivity index is 1.71. The van der Waals surface area contributed by atoms with Gasteiger partial charge in [0.2, 0.25) is 5.95 Å². The van der Waals surface area contributed by atoms with Crippen LogP contribution in [0.3, 0.4) is 0 Å². The number of nitrogen functional groups attached to an aromatic ring is 1. The lowest BCUT2D eigenvalue weighted by atomic mass is 10.1. The van der Waals surface area contributed by atoms with E-state index in [2.05, 4.69) is 15.3 Å². The van der Waals surface area contributed by atoms with Gasteiger partial charge >= 0.3 is 0 Å². The molecule has 7 atom stereocenters. The summed E-state index contributed by atoms with van der Waals surface area (Å²) < 4.78 is 6.93. The second-order valence-electron chi connectivity index (χ2n) is 7.21. The fourth-order valence-corrected chi connectivity index (χ4v) is 3.78. The van der Waals surface area contributed by atoms with Gasteiger partial charge in [0.15, 0.2) is 11.9 Å². The average molecular weight is 409 g/mol. The third kappa shape index (κ3) is 3.34. The maximum Gasteiger partial charge on any atom is 0.262 e. The van der Waals surface area contributed by atoms with E-state index in [1.54, 1.807) is 6.08 Å². The fraction of sp³-hybridized carbons (Fsp3) is 0.529. The van der Waals surface area contributed by atoms with Crippen molar-refractivity contribution in [3.8, 4) is 0 Å². The zero-order chi connectivity index (χ0) is 20.9. The van der Waals surface area contributed by atoms with Gasteiger partial charge in [0.1, 0.15) is 24.4 Å². The highest BCUT2D eigenvalue weighted by Crippen LogP contribution is 2.32. The Kier molecular flexibility index (Phi) is 5.16. The monoisotopic (exact) mass is 409 g/mol. The molecule has 2 aromatic rings. The highest BCUT2D eigenvalue weighted by atomic mass is 16.6. The van der Waals surface area contributed by atoms with Crippen molar-refractivity contribution in [1.29, 1.82) is 0 Å². The molecule has 3 heterocycles. The van der Waals surface area contributed by atoms with Crippen LogP contribution in [-0.4, -0.2) is 83.2 Å². The van der Waals surface area contributed by atoms with Crippen molar-refractivity contribution < 1.29 is 30.3 Å². The van der Waals surface area contributed by atoms with Crippen LogP contribution >= 0.6 is 0 Å². The summed E-state index contributed by atoms with van der Waals surface area (Å²) in [6, 6.07) is -0.516. The van der Waals surface area contributed by atoms with Crippen LogP contribution in [0, 0.1) is 0 Å². The molecule has 12 heteroatoms. The van der Waals surface area contributed by atoms with Gasteiger partial charge in [0.05, 0.1) is 24.1 Å². The summed E-state index contributed by atoms with van der Waals surface area (Å²) in [5.41, 5.74) is 5.78. The summed E-state index contributed by atoms with van der Waals surface area (Å²) in [5, 5.41) is 52.5. The second-order valence-corrected chi connectivity index (χ2v) is 7.21. The third-order valence-corrected chi connectivity index (χ3v) is 5.33. The number of hydrogen-bond donors (Lipinski definition) is 8. The van der Waals surface area contributed by atoms with Gasteiger partial charge in [-0.3, -0.25) is 9.78 Å². The molecule has 4 rings (SSSR count). The number of ether oxygens (including phenoxy) is 1. The molecule has 158 valence electrons. The lowest BCUT2D eigenvalue weighted by molar-refractivity contribution is -0.0509. The number of nitrogens with two attached hydrogens (primary N) is 1. The van der Waals surface area contributed by atoms with Crippen LogP contribution < -0.4 is 16.6 Å². The predicted molar refractivity (Wildman–Crippen MR) is 99.6 cm³/mol. The van der Waals surface area contributed by atoms with E-state index in [-0.39, 0.29) is 23.5 Å². The number of hydrogen-bond acceptors (Lipinski definition) is 10. The van der Waals surface area contributed by atoms with Gasteiger partial charge in [-0.15, -0.1) is 0 Å². The van der Waals surface area contributed by atoms with E-state index >= 15 is 0 Å². The Hall–Kier alpha value is -2.32. The first kappa shape index (κ1) is 20.0. The summed E-state index contributed by atoms with van der Waals surface area (Å²) in [6.45, 7) is -0.363. The zero-order valence-corrected chi connectivity index (χ0v) is 15.2. The van der Waals surface area contributed by atoms with Crippen molar-refractivity contribution in [3.63, 3.8) is 0 Å². The SMILES string of the molecule is Nc1nc2c(c(CNC3C=C[C@@H](O)[C@H]3O)cn2C2OC(CO)C(O)C2O)c(=O)[nH]1. The predicted octanol–water partition coefficient (Wildman–Crippen LogP) is -3.33. The number of rotatable bonds is 5. The molecule has 0 spiro atoms. The van der Waals surface area contributed by atoms with Crippen LogP contribution in [0.15, 0.2) is 23.1 Å². The molecule has 5 unspecified atom stereocenters. The number of aromatic amines is 1. The Labute approximate surface area is 163 Å². The molecule has 1 fully saturated rings. The van der Waals surface area contributed by atoms with Crippen molar-refractivity contribution >= 4 is 17.0 Å². The molecule has 0 saturated carbocycles. The van der Waals surface area contributed by atoms with E-state index < -0.39 is 55.0 Å². The van der Waals surface area contributed by atoms with Crippen LogP contribution in [-0.2, 0) is 11.3 Å². The standard InChI is InChI=1S/C17H23N5O7/c18-17-20-14-10(15(28)21-17)6(3-19-7-1-2-8(24)11(7)25)4-22(14)16-13(27)12(26)9(5-23)29-16/h1-2,4,7-9,11-13,16,19,23-27H,3,5H2,(H3,18,20,21,28)/t7?,8-,9?,11+,12?,13?,16?/m1/s1. The molecule has 0 radical (unpaired) electrons. The molecule has 1 saturated heterocycles. The van der Waals surface area contributed by atoms with Crippen LogP contribution in [0.4, 0.5) is 5.95 Å². The number of nitrogens with one attached hydrogen (secondary N) is 2. The van der Waals surface area contributed by atoms with Crippen LogP contribution in [0.1, 0.15) is 11.8 Å². The molecule has 2 aromatic heterocycles. The topological polar surface area (TPSA) is 199 Å². The van der Waals surface area contributed by atoms with E-state index in [1.165, 1.54) is 16.8 Å². The number of nitrogens with zero attached hydrogens (tertiary/aromatic N) is 2. The summed E-state index contributed by atoms with van der Waals surface area (Å²) in [5.74, 6) is -0.134. The van der Waals surface area contributed by atoms with Crippen molar-refractivity contribution in [2.45, 2.75) is 49.3 Å². The summed E-state index contributed by atoms with van der Waals surface area (Å²) in [7, 11) is 0. The number of aliphatic hydroxyl groups excluding tert-OH is 5. The van der Waals surface area contributed by atoms with Crippen molar-refractivity contribution in [3.05, 3.63) is 34.3 Å². The quantitative estimate of drug-likeness (QED) is 0.231. The number of H-pyrrole nitrogens is 1. The molecule has 29 heavy (non-hydrogen) atoms. The largest absolute Gasteiger partial charge is 0.394 e. The fourth-order valence-electron chi connectivity index (χ4n) is 3.78. The molecule has 0 amide bonds. The van der Waals surface area contributed by atoms with Crippen molar-refractivity contribution in [2.24, 2.45) is 0 Å². The van der Waals surface area contributed by atoms with E-state index in [9.17, 15) is 30.3 Å². The summed E-state index contributed by atoms with van der Waals surface area (Å²) in [4.78, 5) is 19.1. The maximum atomic E-state index is 12.5. The van der Waals surface area contributed by atoms with Crippen LogP contribution in [0.2, 0.25) is 0 Å². The lowest BCUT2D eigenvalue weighted by Crippen LogP contribution is -2.40. The number of aromatic nitrogens is 3. The minimum Gasteiger partial charge on any atom is -0.394 e. The molecule has 12 nitrogen and oxygen atoms in total. The van der Waals surface area contributed by atoms with Gasteiger partial charge in [0.25, 0.3) is 5.56 Å². The number of anilines is 1. The van der Waals surface area contributed by atoms with E-state index in [0.717, 1.165) is 0 Å². The van der Waals surface area contributed by atoms with Gasteiger partial charge in [-0.25, -0.2) is 0 Å². The first-order valence-electron chi connectivity index (χ1n) is 9.11. The molecule has 2 aliphatic rings. The van der Waals surface area contributed by atoms with Gasteiger partial charge in [-0.05, 0) is 5.56 Å². The van der Waals surface area contributed by atoms with Gasteiger partial charge < -0.3 is 45.9 Å². The van der Waals surface area contributed by atoms with Crippen LogP contribution in [0.25, 0.3) is 11.0 Å². The van der Waals surface area contributed by atoms with Gasteiger partial charge in [-0.2, -0.15) is 4.98 Å². The normalized spacial score (nSPS) is 34.4. The summed E-state index contributed by atoms with van der Waals surface area (Å²) >= 11 is 0. The maximum absolute atomic E-state index is 12.5. The third-order valence-electron chi connectivity index (χ3n) is 5.33. The Morgan fingerprint density at radius 2 is 1.97 bits per heavy atom. The molecule has 0 aromatic carbocycles. The van der Waals surface area contributed by atoms with Gasteiger partial charge in [-0.1, -0.05) is 12.2 Å². The Morgan fingerprint density at radius 1 is 1.21 bits per heavy atom. The van der Waals surface area contributed by atoms with Crippen molar-refractivity contribution in [2.75, 3.05) is 12.3 Å². The first-order chi connectivity index (χ1) is 13.8. The second kappa shape index (κ2) is 7.50. The zero-order valence-electron chi connectivity index (χ0n) is 15.2. The number of fused-ring (bicyclic) bond motifs is 1. The Bertz CT molecular complexity index is 988. The molecular formula is C17H23N5O7. The first-order valence-corrected chi connectivity index (χ1v) is 9.11. The van der Waals surface area contributed by atoms with Gasteiger partial charge in [0, 0.05) is 12.7 Å². The minimum atomic E-state index is -1.36. The van der Waals surface area contributed by atoms with E-state index in [4.69, 9.17) is 10.5 Å². The van der Waals surface area contributed by atoms with Crippen molar-refractivity contribution in [1.82, 2.24) is 19.9 Å². The molecular weight excluding hydrogens is 386 g/mol. The van der Waals surface area contributed by atoms with E-state index in [1.807, 2.05) is 0 Å².